The number of hydrogen-bond donors (Lipinski definition) is 2. The van der Waals surface area contributed by atoms with E-state index in [2.05, 4.69) is 0 Å². The van der Waals surface area contributed by atoms with E-state index in [-0.39, 0.29) is 35.7 Å². The molecule has 3 fully saturated rings. The first-order chi connectivity index (χ1) is 12.2. The molecule has 26 heavy (non-hydrogen) atoms. The molecule has 0 aliphatic heterocycles. The summed E-state index contributed by atoms with van der Waals surface area (Å²) in [6.45, 7) is 3.29. The molecule has 4 nitrogen and oxygen atoms in total. The Bertz CT molecular complexity index is 728. The van der Waals surface area contributed by atoms with Gasteiger partial charge in [-0.3, -0.25) is 9.59 Å². The molecular formula is C21H27FO4. The van der Waals surface area contributed by atoms with Crippen LogP contribution in [0.4, 0.5) is 4.39 Å². The molecule has 0 saturated heterocycles. The van der Waals surface area contributed by atoms with Crippen molar-refractivity contribution < 1.29 is 24.2 Å². The lowest BCUT2D eigenvalue weighted by Crippen LogP contribution is -2.66. The molecule has 3 saturated carbocycles. The zero-order valence-corrected chi connectivity index (χ0v) is 15.4. The fourth-order valence-corrected chi connectivity index (χ4v) is 6.85. The van der Waals surface area contributed by atoms with Gasteiger partial charge in [-0.1, -0.05) is 18.6 Å². The number of fused-ring (bicyclic) bond motifs is 5. The summed E-state index contributed by atoms with van der Waals surface area (Å²) < 4.78 is 16.7. The summed E-state index contributed by atoms with van der Waals surface area (Å²) in [6.07, 6.45) is 6.22. The smallest absolute Gasteiger partial charge is 0.178 e. The second-order valence-electron chi connectivity index (χ2n) is 9.11. The van der Waals surface area contributed by atoms with Crippen molar-refractivity contribution in [1.29, 1.82) is 0 Å². The van der Waals surface area contributed by atoms with E-state index in [4.69, 9.17) is 0 Å². The monoisotopic (exact) mass is 362 g/mol. The van der Waals surface area contributed by atoms with Crippen molar-refractivity contribution in [3.63, 3.8) is 0 Å². The number of ketones is 2. The summed E-state index contributed by atoms with van der Waals surface area (Å²) in [7, 11) is 0. The van der Waals surface area contributed by atoms with E-state index in [0.717, 1.165) is 12.0 Å². The highest BCUT2D eigenvalue weighted by atomic mass is 19.1. The van der Waals surface area contributed by atoms with Gasteiger partial charge in [0.2, 0.25) is 0 Å². The number of aliphatic hydroxyl groups is 2. The molecule has 4 aliphatic carbocycles. The first kappa shape index (κ1) is 18.1. The molecule has 0 aromatic rings. The zero-order chi connectivity index (χ0) is 18.9. The first-order valence-corrected chi connectivity index (χ1v) is 9.63. The molecule has 5 heteroatoms. The van der Waals surface area contributed by atoms with E-state index in [9.17, 15) is 19.8 Å². The molecule has 4 aliphatic rings. The largest absolute Gasteiger partial charge is 0.390 e. The highest BCUT2D eigenvalue weighted by molar-refractivity contribution is 6.01. The van der Waals surface area contributed by atoms with Crippen molar-refractivity contribution in [2.45, 2.75) is 57.7 Å². The van der Waals surface area contributed by atoms with Crippen LogP contribution in [0.3, 0.4) is 0 Å². The predicted octanol–water partition coefficient (Wildman–Crippen LogP) is 2.53. The first-order valence-electron chi connectivity index (χ1n) is 9.63. The summed E-state index contributed by atoms with van der Waals surface area (Å²) in [5, 5.41) is 20.4. The van der Waals surface area contributed by atoms with Crippen molar-refractivity contribution in [2.24, 2.45) is 28.6 Å². The van der Waals surface area contributed by atoms with E-state index in [1.54, 1.807) is 13.0 Å². The van der Waals surface area contributed by atoms with E-state index in [1.807, 2.05) is 6.92 Å². The van der Waals surface area contributed by atoms with Gasteiger partial charge in [-0.25, -0.2) is 4.39 Å². The van der Waals surface area contributed by atoms with Crippen LogP contribution < -0.4 is 0 Å². The summed E-state index contributed by atoms with van der Waals surface area (Å²) in [4.78, 5) is 24.0. The van der Waals surface area contributed by atoms with Crippen molar-refractivity contribution in [1.82, 2.24) is 0 Å². The summed E-state index contributed by atoms with van der Waals surface area (Å²) in [5.41, 5.74) is -2.53. The normalized spacial score (nSPS) is 49.9. The van der Waals surface area contributed by atoms with Gasteiger partial charge in [0, 0.05) is 17.3 Å². The Morgan fingerprint density at radius 2 is 2.00 bits per heavy atom. The van der Waals surface area contributed by atoms with E-state index in [0.29, 0.717) is 19.3 Å². The molecule has 0 heterocycles. The lowest BCUT2D eigenvalue weighted by atomic mass is 9.45. The van der Waals surface area contributed by atoms with Gasteiger partial charge < -0.3 is 10.2 Å². The van der Waals surface area contributed by atoms with Crippen LogP contribution in [0.15, 0.2) is 23.8 Å². The zero-order valence-electron chi connectivity index (χ0n) is 15.4. The number of alkyl halides is 1. The van der Waals surface area contributed by atoms with Gasteiger partial charge in [-0.15, -0.1) is 0 Å². The van der Waals surface area contributed by atoms with Crippen LogP contribution in [0.25, 0.3) is 0 Å². The number of hydrogen-bond acceptors (Lipinski definition) is 4. The Balaban J connectivity index is 1.78. The van der Waals surface area contributed by atoms with Gasteiger partial charge in [0.25, 0.3) is 0 Å². The molecule has 142 valence electrons. The number of rotatable bonds is 2. The number of Topliss-reactive ketones (excluding diaryl/α,β-unsaturated/α-hetero) is 1. The summed E-state index contributed by atoms with van der Waals surface area (Å²) in [6, 6.07) is 0. The molecule has 0 radical (unpaired) electrons. The highest BCUT2D eigenvalue weighted by Crippen LogP contribution is 2.68. The van der Waals surface area contributed by atoms with E-state index in [1.165, 1.54) is 12.2 Å². The number of halogens is 1. The van der Waals surface area contributed by atoms with Gasteiger partial charge in [0.15, 0.2) is 17.2 Å². The van der Waals surface area contributed by atoms with Gasteiger partial charge in [0.1, 0.15) is 6.61 Å². The standard InChI is InChI=1S/C21H27FO4/c1-19-10-18(26)21(22)15(14(19)5-6-16(19)17(25)11-23)4-3-12-9-13(24)7-8-20(12,21)2/h7-9,14-16,18,23,26H,3-6,10-11H2,1-2H3/t14-,15-,16+,18-,19-,20-,21-/m0/s1. The van der Waals surface area contributed by atoms with Crippen LogP contribution in [0.1, 0.15) is 46.0 Å². The molecular weight excluding hydrogens is 335 g/mol. The van der Waals surface area contributed by atoms with E-state index < -0.39 is 29.2 Å². The third-order valence-electron chi connectivity index (χ3n) is 8.18. The Kier molecular flexibility index (Phi) is 3.88. The average molecular weight is 362 g/mol. The SMILES string of the molecule is C[C@]12C[C@H](O)[C@@]3(F)[C@@H](CCC4=CC(=O)C=C[C@@]43C)[C@@H]1CC[C@@H]2C(=O)CO. The maximum Gasteiger partial charge on any atom is 0.178 e. The minimum atomic E-state index is -1.84. The lowest BCUT2D eigenvalue weighted by molar-refractivity contribution is -0.195. The molecule has 0 unspecified atom stereocenters. The summed E-state index contributed by atoms with van der Waals surface area (Å²) >= 11 is 0. The molecule has 4 rings (SSSR count). The quantitative estimate of drug-likeness (QED) is 0.792. The molecule has 0 bridgehead atoms. The van der Waals surface area contributed by atoms with Crippen LogP contribution in [-0.2, 0) is 9.59 Å². The van der Waals surface area contributed by atoms with Crippen LogP contribution >= 0.6 is 0 Å². The Labute approximate surface area is 153 Å². The minimum Gasteiger partial charge on any atom is -0.390 e. The van der Waals surface area contributed by atoms with Crippen LogP contribution in [-0.4, -0.2) is 40.2 Å². The second kappa shape index (κ2) is 5.59. The van der Waals surface area contributed by atoms with Crippen molar-refractivity contribution in [2.75, 3.05) is 6.61 Å². The summed E-state index contributed by atoms with van der Waals surface area (Å²) in [5.74, 6) is -0.984. The van der Waals surface area contributed by atoms with Crippen LogP contribution in [0.5, 0.6) is 0 Å². The number of carbonyl (C=O) groups excluding carboxylic acids is 2. The van der Waals surface area contributed by atoms with Gasteiger partial charge in [-0.2, -0.15) is 0 Å². The van der Waals surface area contributed by atoms with Crippen LogP contribution in [0.2, 0.25) is 0 Å². The minimum absolute atomic E-state index is 0.000744. The van der Waals surface area contributed by atoms with Gasteiger partial charge in [-0.05, 0) is 62.5 Å². The number of allylic oxidation sites excluding steroid dienone is 4. The molecule has 2 N–H and O–H groups in total. The molecule has 0 spiro atoms. The predicted molar refractivity (Wildman–Crippen MR) is 93.9 cm³/mol. The van der Waals surface area contributed by atoms with Gasteiger partial charge >= 0.3 is 0 Å². The van der Waals surface area contributed by atoms with Crippen molar-refractivity contribution in [3.05, 3.63) is 23.8 Å². The maximum absolute atomic E-state index is 16.7. The number of aliphatic hydroxyl groups excluding tert-OH is 2. The topological polar surface area (TPSA) is 74.6 Å². The Hall–Kier alpha value is -1.33. The second-order valence-corrected chi connectivity index (χ2v) is 9.11. The van der Waals surface area contributed by atoms with Gasteiger partial charge in [0.05, 0.1) is 6.10 Å². The highest BCUT2D eigenvalue weighted by Gasteiger charge is 2.70. The van der Waals surface area contributed by atoms with Crippen molar-refractivity contribution in [3.8, 4) is 0 Å². The molecule has 7 atom stereocenters. The number of carbonyl (C=O) groups is 2. The molecule has 0 aromatic carbocycles. The average Bonchev–Trinajstić information content (AvgIpc) is 2.93. The van der Waals surface area contributed by atoms with E-state index >= 15 is 4.39 Å². The molecule has 0 amide bonds. The fourth-order valence-electron chi connectivity index (χ4n) is 6.85. The Morgan fingerprint density at radius 1 is 1.27 bits per heavy atom. The Morgan fingerprint density at radius 3 is 2.69 bits per heavy atom. The fraction of sp³-hybridized carbons (Fsp3) is 0.714. The van der Waals surface area contributed by atoms with Crippen molar-refractivity contribution >= 4 is 11.6 Å². The third kappa shape index (κ3) is 2.02. The van der Waals surface area contributed by atoms with Crippen LogP contribution in [0, 0.1) is 28.6 Å². The maximum atomic E-state index is 16.7. The third-order valence-corrected chi connectivity index (χ3v) is 8.18. The molecule has 0 aromatic heterocycles. The lowest BCUT2D eigenvalue weighted by Gasteiger charge is -2.62.